The number of aryl methyl sites for hydroxylation is 1. The standard InChI is InChI=1S/C6H6BrF2N3O2/c1-12-3(4(7)10-11-12)2-6(8,9)5(13)14/h2H2,1H3,(H,13,14). The number of hydrogen-bond donors (Lipinski definition) is 1. The van der Waals surface area contributed by atoms with Gasteiger partial charge in [-0.3, -0.25) is 4.68 Å². The second-order valence-corrected chi connectivity index (χ2v) is 3.39. The van der Waals surface area contributed by atoms with E-state index in [1.807, 2.05) is 0 Å². The molecule has 0 unspecified atom stereocenters. The van der Waals surface area contributed by atoms with E-state index < -0.39 is 18.3 Å². The van der Waals surface area contributed by atoms with Crippen LogP contribution in [0.5, 0.6) is 0 Å². The monoisotopic (exact) mass is 269 g/mol. The van der Waals surface area contributed by atoms with E-state index in [0.29, 0.717) is 0 Å². The van der Waals surface area contributed by atoms with E-state index in [4.69, 9.17) is 5.11 Å². The van der Waals surface area contributed by atoms with Gasteiger partial charge in [-0.15, -0.1) is 5.10 Å². The normalized spacial score (nSPS) is 11.7. The third-order valence-corrected chi connectivity index (χ3v) is 2.21. The highest BCUT2D eigenvalue weighted by Gasteiger charge is 2.40. The van der Waals surface area contributed by atoms with Crippen LogP contribution in [-0.2, 0) is 18.3 Å². The zero-order valence-electron chi connectivity index (χ0n) is 7.04. The molecule has 0 bridgehead atoms. The zero-order valence-corrected chi connectivity index (χ0v) is 8.62. The molecule has 0 saturated heterocycles. The molecule has 14 heavy (non-hydrogen) atoms. The van der Waals surface area contributed by atoms with Crippen LogP contribution in [0.15, 0.2) is 4.60 Å². The molecule has 1 rings (SSSR count). The van der Waals surface area contributed by atoms with Crippen LogP contribution in [0.1, 0.15) is 5.69 Å². The molecular weight excluding hydrogens is 264 g/mol. The van der Waals surface area contributed by atoms with Crippen molar-refractivity contribution in [3.8, 4) is 0 Å². The number of carboxylic acid groups (broad SMARTS) is 1. The summed E-state index contributed by atoms with van der Waals surface area (Å²) in [5.74, 6) is -5.97. The van der Waals surface area contributed by atoms with Gasteiger partial charge in [0.1, 0.15) is 0 Å². The van der Waals surface area contributed by atoms with E-state index in [2.05, 4.69) is 26.2 Å². The lowest BCUT2D eigenvalue weighted by molar-refractivity contribution is -0.164. The molecule has 8 heteroatoms. The molecule has 1 N–H and O–H groups in total. The lowest BCUT2D eigenvalue weighted by Crippen LogP contribution is -2.31. The molecule has 0 aromatic carbocycles. The van der Waals surface area contributed by atoms with Crippen LogP contribution in [0.25, 0.3) is 0 Å². The van der Waals surface area contributed by atoms with Gasteiger partial charge in [0.15, 0.2) is 4.60 Å². The molecule has 0 radical (unpaired) electrons. The Kier molecular flexibility index (Phi) is 2.84. The van der Waals surface area contributed by atoms with Crippen LogP contribution in [0, 0.1) is 0 Å². The highest BCUT2D eigenvalue weighted by atomic mass is 79.9. The minimum absolute atomic E-state index is 0.0393. The number of carboxylic acids is 1. The first-order valence-corrected chi connectivity index (χ1v) is 4.29. The largest absolute Gasteiger partial charge is 0.477 e. The van der Waals surface area contributed by atoms with Crippen molar-refractivity contribution in [1.29, 1.82) is 0 Å². The van der Waals surface area contributed by atoms with Crippen LogP contribution in [0.3, 0.4) is 0 Å². The summed E-state index contributed by atoms with van der Waals surface area (Å²) in [7, 11) is 1.41. The van der Waals surface area contributed by atoms with E-state index in [1.54, 1.807) is 0 Å². The van der Waals surface area contributed by atoms with Gasteiger partial charge in [0.25, 0.3) is 0 Å². The van der Waals surface area contributed by atoms with Crippen molar-refractivity contribution < 1.29 is 18.7 Å². The number of hydrogen-bond acceptors (Lipinski definition) is 3. The Bertz CT molecular complexity index is 346. The van der Waals surface area contributed by atoms with Gasteiger partial charge >= 0.3 is 11.9 Å². The van der Waals surface area contributed by atoms with Gasteiger partial charge < -0.3 is 5.11 Å². The smallest absolute Gasteiger partial charge is 0.374 e. The average molecular weight is 270 g/mol. The molecule has 1 aromatic rings. The summed E-state index contributed by atoms with van der Waals surface area (Å²) in [6.45, 7) is 0. The van der Waals surface area contributed by atoms with Crippen LogP contribution in [0.4, 0.5) is 8.78 Å². The summed E-state index contributed by atoms with van der Waals surface area (Å²) in [4.78, 5) is 10.2. The van der Waals surface area contributed by atoms with Gasteiger partial charge in [-0.1, -0.05) is 5.21 Å². The van der Waals surface area contributed by atoms with E-state index in [9.17, 15) is 13.6 Å². The molecule has 0 spiro atoms. The molecule has 78 valence electrons. The van der Waals surface area contributed by atoms with Crippen molar-refractivity contribution in [2.45, 2.75) is 12.3 Å². The Balaban J connectivity index is 2.94. The average Bonchev–Trinajstić information content (AvgIpc) is 2.35. The van der Waals surface area contributed by atoms with Crippen molar-refractivity contribution in [1.82, 2.24) is 15.0 Å². The molecule has 1 aromatic heterocycles. The maximum atomic E-state index is 12.8. The summed E-state index contributed by atoms with van der Waals surface area (Å²) in [5, 5.41) is 15.1. The Morgan fingerprint density at radius 3 is 2.64 bits per heavy atom. The molecule has 0 aliphatic rings. The number of alkyl halides is 2. The summed E-state index contributed by atoms with van der Waals surface area (Å²) in [6, 6.07) is 0. The quantitative estimate of drug-likeness (QED) is 0.883. The summed E-state index contributed by atoms with van der Waals surface area (Å²) < 4.78 is 26.8. The highest BCUT2D eigenvalue weighted by molar-refractivity contribution is 9.10. The number of nitrogens with zero attached hydrogens (tertiary/aromatic N) is 3. The molecule has 1 heterocycles. The van der Waals surface area contributed by atoms with Gasteiger partial charge in [-0.05, 0) is 15.9 Å². The fourth-order valence-corrected chi connectivity index (χ4v) is 1.29. The summed E-state index contributed by atoms with van der Waals surface area (Å²) in [6.07, 6.45) is -0.938. The van der Waals surface area contributed by atoms with E-state index in [1.165, 1.54) is 7.05 Å². The van der Waals surface area contributed by atoms with Gasteiger partial charge in [-0.25, -0.2) is 4.79 Å². The fraction of sp³-hybridized carbons (Fsp3) is 0.500. The number of aromatic nitrogens is 3. The topological polar surface area (TPSA) is 68.0 Å². The maximum Gasteiger partial charge on any atom is 0.374 e. The zero-order chi connectivity index (χ0) is 10.9. The maximum absolute atomic E-state index is 12.8. The first-order chi connectivity index (χ1) is 6.34. The van der Waals surface area contributed by atoms with Gasteiger partial charge in [-0.2, -0.15) is 8.78 Å². The SMILES string of the molecule is Cn1nnc(Br)c1CC(F)(F)C(=O)O. The Morgan fingerprint density at radius 2 is 2.29 bits per heavy atom. The predicted octanol–water partition coefficient (Wildman–Crippen LogP) is 0.840. The minimum atomic E-state index is -3.81. The van der Waals surface area contributed by atoms with Crippen LogP contribution in [-0.4, -0.2) is 32.0 Å². The van der Waals surface area contributed by atoms with Gasteiger partial charge in [0.2, 0.25) is 0 Å². The van der Waals surface area contributed by atoms with Crippen molar-refractivity contribution in [3.05, 3.63) is 10.3 Å². The second-order valence-electron chi connectivity index (χ2n) is 2.64. The third-order valence-electron chi connectivity index (χ3n) is 1.60. The fourth-order valence-electron chi connectivity index (χ4n) is 0.825. The van der Waals surface area contributed by atoms with Crippen molar-refractivity contribution in [2.24, 2.45) is 7.05 Å². The molecule has 5 nitrogen and oxygen atoms in total. The number of carbonyl (C=O) groups is 1. The molecule has 0 saturated carbocycles. The molecule has 0 atom stereocenters. The molecule has 0 fully saturated rings. The van der Waals surface area contributed by atoms with E-state index in [0.717, 1.165) is 4.68 Å². The van der Waals surface area contributed by atoms with Crippen molar-refractivity contribution in [2.75, 3.05) is 0 Å². The molecule has 0 aliphatic heterocycles. The van der Waals surface area contributed by atoms with Crippen LogP contribution < -0.4 is 0 Å². The third kappa shape index (κ3) is 2.06. The van der Waals surface area contributed by atoms with Gasteiger partial charge in [0.05, 0.1) is 12.1 Å². The molecule has 0 aliphatic carbocycles. The second kappa shape index (κ2) is 3.60. The Hall–Kier alpha value is -1.05. The van der Waals surface area contributed by atoms with Gasteiger partial charge in [0, 0.05) is 7.05 Å². The van der Waals surface area contributed by atoms with Crippen molar-refractivity contribution in [3.63, 3.8) is 0 Å². The summed E-state index contributed by atoms with van der Waals surface area (Å²) in [5.41, 5.74) is 0.0393. The van der Waals surface area contributed by atoms with Crippen molar-refractivity contribution >= 4 is 21.9 Å². The van der Waals surface area contributed by atoms with Crippen LogP contribution >= 0.6 is 15.9 Å². The Morgan fingerprint density at radius 1 is 1.71 bits per heavy atom. The lowest BCUT2D eigenvalue weighted by Gasteiger charge is -2.10. The predicted molar refractivity (Wildman–Crippen MR) is 45.0 cm³/mol. The highest BCUT2D eigenvalue weighted by Crippen LogP contribution is 2.23. The van der Waals surface area contributed by atoms with E-state index >= 15 is 0 Å². The van der Waals surface area contributed by atoms with E-state index in [-0.39, 0.29) is 10.3 Å². The lowest BCUT2D eigenvalue weighted by atomic mass is 10.2. The Labute approximate surface area is 85.8 Å². The molecule has 0 amide bonds. The first-order valence-electron chi connectivity index (χ1n) is 3.50. The number of rotatable bonds is 3. The molecular formula is C6H6BrF2N3O2. The number of aliphatic carboxylic acids is 1. The first kappa shape index (κ1) is 11.0. The van der Waals surface area contributed by atoms with Crippen LogP contribution in [0.2, 0.25) is 0 Å². The number of halogens is 3. The minimum Gasteiger partial charge on any atom is -0.477 e. The summed E-state index contributed by atoms with van der Waals surface area (Å²) >= 11 is 2.90.